The highest BCUT2D eigenvalue weighted by molar-refractivity contribution is 7.12. The minimum atomic E-state index is 0.232. The van der Waals surface area contributed by atoms with Crippen molar-refractivity contribution in [1.82, 2.24) is 0 Å². The molecule has 4 nitrogen and oxygen atoms in total. The highest BCUT2D eigenvalue weighted by Gasteiger charge is 2.06. The highest BCUT2D eigenvalue weighted by Crippen LogP contribution is 2.20. The molecule has 1 N–H and O–H groups in total. The number of thiazole rings is 1. The van der Waals surface area contributed by atoms with Crippen molar-refractivity contribution in [2.45, 2.75) is 0 Å². The van der Waals surface area contributed by atoms with E-state index in [1.807, 2.05) is 23.2 Å². The first-order valence-electron chi connectivity index (χ1n) is 4.39. The van der Waals surface area contributed by atoms with E-state index in [0.717, 1.165) is 10.8 Å². The fraction of sp³-hybridized carbons (Fsp3) is 0.100. The van der Waals surface area contributed by atoms with Crippen LogP contribution in [0.5, 0.6) is 5.75 Å². The first-order chi connectivity index (χ1) is 7.25. The second-order valence-electron chi connectivity index (χ2n) is 3.01. The van der Waals surface area contributed by atoms with Gasteiger partial charge in [-0.3, -0.25) is 0 Å². The third-order valence-corrected chi connectivity index (χ3v) is 2.70. The molecule has 0 saturated heterocycles. The summed E-state index contributed by atoms with van der Waals surface area (Å²) in [5.74, 6) is 0.232. The number of azo groups is 1. The molecule has 2 aromatic rings. The topological polar surface area (TPSA) is 48.8 Å². The van der Waals surface area contributed by atoms with Crippen molar-refractivity contribution in [3.8, 4) is 5.75 Å². The normalized spacial score (nSPS) is 11.0. The fourth-order valence-electron chi connectivity index (χ4n) is 1.04. The lowest BCUT2D eigenvalue weighted by molar-refractivity contribution is -0.654. The summed E-state index contributed by atoms with van der Waals surface area (Å²) in [7, 11) is 1.92. The van der Waals surface area contributed by atoms with Crippen molar-refractivity contribution in [1.29, 1.82) is 0 Å². The number of aromatic nitrogens is 1. The molecule has 0 spiro atoms. The van der Waals surface area contributed by atoms with E-state index < -0.39 is 0 Å². The average Bonchev–Trinajstić information content (AvgIpc) is 2.63. The highest BCUT2D eigenvalue weighted by atomic mass is 32.1. The molecular formula is C10H10N3OS+. The number of nitrogens with zero attached hydrogens (tertiary/aromatic N) is 3. The third-order valence-electron chi connectivity index (χ3n) is 1.86. The molecule has 0 bridgehead atoms. The number of hydrogen-bond donors (Lipinski definition) is 1. The molecule has 0 aliphatic heterocycles. The molecule has 15 heavy (non-hydrogen) atoms. The molecule has 0 atom stereocenters. The largest absolute Gasteiger partial charge is 0.508 e. The first kappa shape index (κ1) is 9.79. The van der Waals surface area contributed by atoms with Crippen LogP contribution in [-0.2, 0) is 7.05 Å². The summed E-state index contributed by atoms with van der Waals surface area (Å²) in [4.78, 5) is 0. The van der Waals surface area contributed by atoms with E-state index in [2.05, 4.69) is 10.2 Å². The van der Waals surface area contributed by atoms with Crippen LogP contribution in [0.2, 0.25) is 0 Å². The predicted octanol–water partition coefficient (Wildman–Crippen LogP) is 2.69. The number of phenolic OH excluding ortho intramolecular Hbond substituents is 1. The number of hydrogen-bond acceptors (Lipinski definition) is 4. The van der Waals surface area contributed by atoms with Gasteiger partial charge in [0, 0.05) is 5.38 Å². The van der Waals surface area contributed by atoms with Gasteiger partial charge in [0.1, 0.15) is 17.6 Å². The van der Waals surface area contributed by atoms with Crippen molar-refractivity contribution in [3.63, 3.8) is 0 Å². The van der Waals surface area contributed by atoms with Crippen LogP contribution in [0, 0.1) is 0 Å². The van der Waals surface area contributed by atoms with Crippen LogP contribution >= 0.6 is 11.3 Å². The zero-order valence-corrected chi connectivity index (χ0v) is 8.98. The second kappa shape index (κ2) is 4.18. The molecule has 0 aliphatic carbocycles. The summed E-state index contributed by atoms with van der Waals surface area (Å²) in [6, 6.07) is 6.60. The number of aryl methyl sites for hydroxylation is 1. The molecular weight excluding hydrogens is 210 g/mol. The number of rotatable bonds is 2. The van der Waals surface area contributed by atoms with Crippen molar-refractivity contribution >= 4 is 22.2 Å². The van der Waals surface area contributed by atoms with Gasteiger partial charge in [0.15, 0.2) is 0 Å². The van der Waals surface area contributed by atoms with E-state index in [9.17, 15) is 0 Å². The minimum absolute atomic E-state index is 0.232. The molecule has 0 unspecified atom stereocenters. The molecule has 5 heteroatoms. The van der Waals surface area contributed by atoms with Gasteiger partial charge in [-0.1, -0.05) is 0 Å². The van der Waals surface area contributed by atoms with Gasteiger partial charge in [0.05, 0.1) is 12.2 Å². The Balaban J connectivity index is 2.19. The van der Waals surface area contributed by atoms with Gasteiger partial charge in [0.2, 0.25) is 0 Å². The molecule has 0 fully saturated rings. The van der Waals surface area contributed by atoms with E-state index in [1.54, 1.807) is 24.3 Å². The van der Waals surface area contributed by atoms with E-state index in [4.69, 9.17) is 5.11 Å². The van der Waals surface area contributed by atoms with E-state index in [-0.39, 0.29) is 5.75 Å². The lowest BCUT2D eigenvalue weighted by atomic mass is 10.3. The van der Waals surface area contributed by atoms with Crippen molar-refractivity contribution in [2.24, 2.45) is 17.3 Å². The Morgan fingerprint density at radius 2 is 1.93 bits per heavy atom. The molecule has 76 valence electrons. The predicted molar refractivity (Wildman–Crippen MR) is 57.8 cm³/mol. The van der Waals surface area contributed by atoms with Crippen molar-refractivity contribution in [2.75, 3.05) is 0 Å². The molecule has 0 radical (unpaired) electrons. The van der Waals surface area contributed by atoms with Crippen LogP contribution in [0.1, 0.15) is 0 Å². The Morgan fingerprint density at radius 1 is 1.20 bits per heavy atom. The Kier molecular flexibility index (Phi) is 2.73. The van der Waals surface area contributed by atoms with Crippen LogP contribution in [0.25, 0.3) is 0 Å². The Morgan fingerprint density at radius 3 is 2.53 bits per heavy atom. The fourth-order valence-corrected chi connectivity index (χ4v) is 1.72. The Labute approximate surface area is 91.2 Å². The zero-order chi connectivity index (χ0) is 10.7. The van der Waals surface area contributed by atoms with Crippen LogP contribution in [0.3, 0.4) is 0 Å². The zero-order valence-electron chi connectivity index (χ0n) is 8.16. The number of phenols is 1. The summed E-state index contributed by atoms with van der Waals surface area (Å²) in [6.45, 7) is 0. The van der Waals surface area contributed by atoms with Gasteiger partial charge in [0.25, 0.3) is 0 Å². The van der Waals surface area contributed by atoms with Gasteiger partial charge in [-0.15, -0.1) is 0 Å². The SMILES string of the molecule is C[n+]1ccsc1N=Nc1ccc(O)cc1. The summed E-state index contributed by atoms with van der Waals surface area (Å²) < 4.78 is 1.90. The Bertz CT molecular complexity index is 476. The molecule has 2 rings (SSSR count). The monoisotopic (exact) mass is 220 g/mol. The maximum absolute atomic E-state index is 9.08. The number of benzene rings is 1. The van der Waals surface area contributed by atoms with E-state index in [0.29, 0.717) is 0 Å². The quantitative estimate of drug-likeness (QED) is 0.614. The average molecular weight is 220 g/mol. The number of aromatic hydroxyl groups is 1. The van der Waals surface area contributed by atoms with Crippen molar-refractivity contribution < 1.29 is 9.67 Å². The molecule has 1 aromatic heterocycles. The lowest BCUT2D eigenvalue weighted by Gasteiger charge is -1.88. The second-order valence-corrected chi connectivity index (χ2v) is 3.89. The van der Waals surface area contributed by atoms with Gasteiger partial charge in [-0.05, 0) is 40.7 Å². The molecule has 0 saturated carbocycles. The summed E-state index contributed by atoms with van der Waals surface area (Å²) in [5, 5.41) is 20.0. The maximum atomic E-state index is 9.08. The lowest BCUT2D eigenvalue weighted by Crippen LogP contribution is -2.23. The van der Waals surface area contributed by atoms with E-state index >= 15 is 0 Å². The molecule has 1 heterocycles. The van der Waals surface area contributed by atoms with Gasteiger partial charge in [-0.25, -0.2) is 4.57 Å². The van der Waals surface area contributed by atoms with Crippen LogP contribution in [0.4, 0.5) is 10.8 Å². The smallest absolute Gasteiger partial charge is 0.408 e. The summed E-state index contributed by atoms with van der Waals surface area (Å²) in [6.07, 6.45) is 1.93. The molecule has 0 aliphatic rings. The van der Waals surface area contributed by atoms with Crippen LogP contribution < -0.4 is 4.57 Å². The van der Waals surface area contributed by atoms with Gasteiger partial charge in [-0.2, -0.15) is 0 Å². The maximum Gasteiger partial charge on any atom is 0.408 e. The van der Waals surface area contributed by atoms with E-state index in [1.165, 1.54) is 11.3 Å². The third kappa shape index (κ3) is 2.38. The van der Waals surface area contributed by atoms with Gasteiger partial charge >= 0.3 is 5.13 Å². The molecule has 0 amide bonds. The van der Waals surface area contributed by atoms with Crippen molar-refractivity contribution in [3.05, 3.63) is 35.8 Å². The van der Waals surface area contributed by atoms with Crippen LogP contribution in [-0.4, -0.2) is 5.11 Å². The molecule has 1 aromatic carbocycles. The standard InChI is InChI=1S/C10H9N3OS/c1-13-6-7-15-10(13)12-11-8-2-4-9(14)5-3-8/h2-7H,1H3/p+1. The van der Waals surface area contributed by atoms with Gasteiger partial charge < -0.3 is 5.11 Å². The Hall–Kier alpha value is -1.75. The minimum Gasteiger partial charge on any atom is -0.508 e. The first-order valence-corrected chi connectivity index (χ1v) is 5.27. The summed E-state index contributed by atoms with van der Waals surface area (Å²) >= 11 is 1.53. The van der Waals surface area contributed by atoms with Crippen LogP contribution in [0.15, 0.2) is 46.1 Å². The summed E-state index contributed by atoms with van der Waals surface area (Å²) in [5.41, 5.74) is 0.723.